The molecule has 1 aliphatic heterocycles. The highest BCUT2D eigenvalue weighted by atomic mass is 16.6. The average Bonchev–Trinajstić information content (AvgIpc) is 3.38. The minimum atomic E-state index is -0.558. The first-order chi connectivity index (χ1) is 16.7. The Kier molecular flexibility index (Phi) is 5.75. The van der Waals surface area contributed by atoms with Crippen molar-refractivity contribution in [2.45, 2.75) is 52.2 Å². The fourth-order valence-corrected chi connectivity index (χ4v) is 4.69. The topological polar surface area (TPSA) is 91.7 Å². The van der Waals surface area contributed by atoms with Gasteiger partial charge in [-0.15, -0.1) is 0 Å². The van der Waals surface area contributed by atoms with Crippen LogP contribution in [0.3, 0.4) is 0 Å². The van der Waals surface area contributed by atoms with E-state index in [2.05, 4.69) is 22.4 Å². The van der Waals surface area contributed by atoms with Gasteiger partial charge in [-0.05, 0) is 64.8 Å². The third kappa shape index (κ3) is 4.73. The summed E-state index contributed by atoms with van der Waals surface area (Å²) < 4.78 is 7.37. The van der Waals surface area contributed by atoms with Crippen molar-refractivity contribution < 1.29 is 14.3 Å². The molecule has 1 atom stereocenters. The van der Waals surface area contributed by atoms with Gasteiger partial charge in [-0.2, -0.15) is 0 Å². The van der Waals surface area contributed by atoms with Crippen molar-refractivity contribution in [3.63, 3.8) is 0 Å². The van der Waals surface area contributed by atoms with E-state index in [0.717, 1.165) is 46.5 Å². The summed E-state index contributed by atoms with van der Waals surface area (Å²) in [4.78, 5) is 35.6. The van der Waals surface area contributed by atoms with Crippen molar-refractivity contribution in [1.29, 1.82) is 0 Å². The maximum absolute atomic E-state index is 13.3. The van der Waals surface area contributed by atoms with Crippen LogP contribution in [0.15, 0.2) is 48.7 Å². The van der Waals surface area contributed by atoms with E-state index in [1.165, 1.54) is 0 Å². The Morgan fingerprint density at radius 1 is 1.17 bits per heavy atom. The van der Waals surface area contributed by atoms with Crippen LogP contribution in [0.2, 0.25) is 0 Å². The van der Waals surface area contributed by atoms with Crippen molar-refractivity contribution in [1.82, 2.24) is 24.6 Å². The maximum Gasteiger partial charge on any atom is 0.407 e. The van der Waals surface area contributed by atoms with Crippen LogP contribution in [0, 0.1) is 6.92 Å². The van der Waals surface area contributed by atoms with Crippen molar-refractivity contribution >= 4 is 28.6 Å². The minimum Gasteiger partial charge on any atom is -0.444 e. The van der Waals surface area contributed by atoms with E-state index in [4.69, 9.17) is 9.72 Å². The van der Waals surface area contributed by atoms with Crippen LogP contribution in [-0.4, -0.2) is 56.0 Å². The number of aromatic amines is 1. The number of aryl methyl sites for hydroxylation is 1. The molecule has 0 saturated carbocycles. The van der Waals surface area contributed by atoms with E-state index in [-0.39, 0.29) is 11.9 Å². The van der Waals surface area contributed by atoms with Crippen LogP contribution < -0.4 is 5.32 Å². The zero-order valence-corrected chi connectivity index (χ0v) is 20.6. The number of imidazole rings is 1. The Labute approximate surface area is 204 Å². The fourth-order valence-electron chi connectivity index (χ4n) is 4.69. The first kappa shape index (κ1) is 23.0. The summed E-state index contributed by atoms with van der Waals surface area (Å²) in [6, 6.07) is 13.8. The number of likely N-dealkylation sites (tertiary alicyclic amines) is 1. The number of carbonyl (C=O) groups is 2. The normalized spacial score (nSPS) is 16.6. The lowest BCUT2D eigenvalue weighted by Crippen LogP contribution is -2.50. The zero-order chi connectivity index (χ0) is 24.7. The van der Waals surface area contributed by atoms with E-state index >= 15 is 0 Å². The summed E-state index contributed by atoms with van der Waals surface area (Å²) in [6.45, 7) is 8.64. The molecule has 182 valence electrons. The molecule has 1 aliphatic rings. The molecule has 5 rings (SSSR count). The number of carbonyl (C=O) groups excluding carboxylic acids is 2. The molecule has 0 spiro atoms. The maximum atomic E-state index is 13.3. The number of nitrogens with zero attached hydrogens (tertiary/aromatic N) is 3. The van der Waals surface area contributed by atoms with Gasteiger partial charge in [0.25, 0.3) is 5.91 Å². The van der Waals surface area contributed by atoms with E-state index < -0.39 is 11.7 Å². The standard InChI is InChI=1S/C27H31N5O3/c1-17-24(22-14-18-8-5-6-10-21(18)29-22)30-23-15-19(11-13-32(17)23)25(33)31-12-7-9-20(16-31)28-26(34)35-27(2,3)4/h5-6,8,10-11,13-15,20,29H,7,9,12,16H2,1-4H3,(H,28,34)/t20-/m1/s1. The van der Waals surface area contributed by atoms with Gasteiger partial charge in [0.15, 0.2) is 0 Å². The molecule has 1 aromatic carbocycles. The number of para-hydroxylation sites is 1. The lowest BCUT2D eigenvalue weighted by molar-refractivity contribution is 0.0452. The van der Waals surface area contributed by atoms with Gasteiger partial charge in [0.05, 0.1) is 5.69 Å². The Bertz CT molecular complexity index is 1380. The molecule has 0 aliphatic carbocycles. The summed E-state index contributed by atoms with van der Waals surface area (Å²) >= 11 is 0. The number of nitrogens with one attached hydrogen (secondary N) is 2. The average molecular weight is 474 g/mol. The predicted octanol–water partition coefficient (Wildman–Crippen LogP) is 4.92. The summed E-state index contributed by atoms with van der Waals surface area (Å²) in [5.41, 5.74) is 4.64. The number of hydrogen-bond acceptors (Lipinski definition) is 4. The zero-order valence-electron chi connectivity index (χ0n) is 20.6. The number of amides is 2. The summed E-state index contributed by atoms with van der Waals surface area (Å²) in [5.74, 6) is -0.0593. The van der Waals surface area contributed by atoms with Crippen LogP contribution >= 0.6 is 0 Å². The monoisotopic (exact) mass is 473 g/mol. The number of aromatic nitrogens is 3. The van der Waals surface area contributed by atoms with Crippen molar-refractivity contribution in [2.75, 3.05) is 13.1 Å². The first-order valence-corrected chi connectivity index (χ1v) is 12.0. The first-order valence-electron chi connectivity index (χ1n) is 12.0. The third-order valence-electron chi connectivity index (χ3n) is 6.33. The smallest absolute Gasteiger partial charge is 0.407 e. The van der Waals surface area contributed by atoms with Gasteiger partial charge in [0.1, 0.15) is 16.9 Å². The molecule has 1 saturated heterocycles. The number of piperidine rings is 1. The summed E-state index contributed by atoms with van der Waals surface area (Å²) in [5, 5.41) is 4.04. The number of hydrogen-bond donors (Lipinski definition) is 2. The second-order valence-electron chi connectivity index (χ2n) is 10.2. The molecular weight excluding hydrogens is 442 g/mol. The molecule has 35 heavy (non-hydrogen) atoms. The molecule has 8 heteroatoms. The lowest BCUT2D eigenvalue weighted by Gasteiger charge is -2.33. The Balaban J connectivity index is 1.35. The van der Waals surface area contributed by atoms with Gasteiger partial charge in [-0.3, -0.25) is 4.79 Å². The van der Waals surface area contributed by atoms with Gasteiger partial charge in [0, 0.05) is 47.5 Å². The van der Waals surface area contributed by atoms with E-state index in [1.54, 1.807) is 4.90 Å². The Morgan fingerprint density at radius 3 is 2.74 bits per heavy atom. The molecular formula is C27H31N5O3. The fraction of sp³-hybridized carbons (Fsp3) is 0.370. The summed E-state index contributed by atoms with van der Waals surface area (Å²) in [6.07, 6.45) is 3.09. The predicted molar refractivity (Wildman–Crippen MR) is 136 cm³/mol. The van der Waals surface area contributed by atoms with Crippen LogP contribution in [-0.2, 0) is 4.74 Å². The second kappa shape index (κ2) is 8.76. The number of alkyl carbamates (subject to hydrolysis) is 1. The van der Waals surface area contributed by atoms with Gasteiger partial charge in [-0.1, -0.05) is 18.2 Å². The van der Waals surface area contributed by atoms with E-state index in [0.29, 0.717) is 18.7 Å². The SMILES string of the molecule is Cc1c(-c2cc3ccccc3[nH]2)nc2cc(C(=O)N3CCC[C@@H](NC(=O)OC(C)(C)C)C3)ccn12. The molecule has 3 aromatic heterocycles. The number of benzene rings is 1. The molecule has 0 unspecified atom stereocenters. The lowest BCUT2D eigenvalue weighted by atomic mass is 10.0. The summed E-state index contributed by atoms with van der Waals surface area (Å²) in [7, 11) is 0. The molecule has 1 fully saturated rings. The van der Waals surface area contributed by atoms with Crippen molar-refractivity contribution in [3.8, 4) is 11.4 Å². The van der Waals surface area contributed by atoms with Gasteiger partial charge in [0.2, 0.25) is 0 Å². The van der Waals surface area contributed by atoms with Gasteiger partial charge in [-0.25, -0.2) is 9.78 Å². The molecule has 2 amide bonds. The quantitative estimate of drug-likeness (QED) is 0.442. The van der Waals surface area contributed by atoms with Crippen LogP contribution in [0.1, 0.15) is 49.7 Å². The van der Waals surface area contributed by atoms with Crippen LogP contribution in [0.25, 0.3) is 27.9 Å². The molecule has 8 nitrogen and oxygen atoms in total. The van der Waals surface area contributed by atoms with E-state index in [1.807, 2.05) is 68.6 Å². The largest absolute Gasteiger partial charge is 0.444 e. The number of ether oxygens (including phenoxy) is 1. The second-order valence-corrected chi connectivity index (χ2v) is 10.2. The van der Waals surface area contributed by atoms with Crippen LogP contribution in [0.5, 0.6) is 0 Å². The van der Waals surface area contributed by atoms with Crippen LogP contribution in [0.4, 0.5) is 4.79 Å². The Morgan fingerprint density at radius 2 is 1.97 bits per heavy atom. The van der Waals surface area contributed by atoms with Crippen molar-refractivity contribution in [3.05, 3.63) is 59.9 Å². The van der Waals surface area contributed by atoms with Gasteiger partial charge >= 0.3 is 6.09 Å². The number of fused-ring (bicyclic) bond motifs is 2. The molecule has 4 aromatic rings. The van der Waals surface area contributed by atoms with Gasteiger partial charge < -0.3 is 24.3 Å². The van der Waals surface area contributed by atoms with E-state index in [9.17, 15) is 9.59 Å². The molecule has 4 heterocycles. The molecule has 2 N–H and O–H groups in total. The highest BCUT2D eigenvalue weighted by Crippen LogP contribution is 2.27. The molecule has 0 radical (unpaired) electrons. The highest BCUT2D eigenvalue weighted by Gasteiger charge is 2.27. The number of pyridine rings is 1. The van der Waals surface area contributed by atoms with Crippen molar-refractivity contribution in [2.24, 2.45) is 0 Å². The minimum absolute atomic E-state index is 0.0593. The third-order valence-corrected chi connectivity index (χ3v) is 6.33. The Hall–Kier alpha value is -3.81. The number of rotatable bonds is 3. The highest BCUT2D eigenvalue weighted by molar-refractivity contribution is 5.95. The molecule has 0 bridgehead atoms. The number of H-pyrrole nitrogens is 1.